The fourth-order valence-corrected chi connectivity index (χ4v) is 4.67. The van der Waals surface area contributed by atoms with Crippen molar-refractivity contribution in [3.8, 4) is 10.6 Å². The zero-order chi connectivity index (χ0) is 21.4. The van der Waals surface area contributed by atoms with Gasteiger partial charge < -0.3 is 14.2 Å². The molecule has 3 aromatic heterocycles. The number of amides is 1. The molecule has 156 valence electrons. The highest BCUT2D eigenvalue weighted by Crippen LogP contribution is 2.24. The quantitative estimate of drug-likeness (QED) is 0.398. The Morgan fingerprint density at radius 2 is 1.87 bits per heavy atom. The minimum Gasteiger partial charge on any atom is -0.422 e. The molecule has 0 spiro atoms. The van der Waals surface area contributed by atoms with Crippen LogP contribution in [0.2, 0.25) is 0 Å². The van der Waals surface area contributed by atoms with Crippen LogP contribution in [0.25, 0.3) is 21.5 Å². The monoisotopic (exact) mass is 496 g/mol. The van der Waals surface area contributed by atoms with Gasteiger partial charge in [-0.1, -0.05) is 22.0 Å². The Kier molecular flexibility index (Phi) is 5.29. The molecule has 1 aliphatic heterocycles. The summed E-state index contributed by atoms with van der Waals surface area (Å²) in [7, 11) is 0. The average Bonchev–Trinajstić information content (AvgIpc) is 3.34. The molecule has 1 aliphatic rings. The molecule has 0 saturated carbocycles. The number of nitrogens with zero attached hydrogens (tertiary/aromatic N) is 4. The van der Waals surface area contributed by atoms with Crippen LogP contribution in [0.1, 0.15) is 10.4 Å². The summed E-state index contributed by atoms with van der Waals surface area (Å²) in [5.74, 6) is 0.469. The smallest absolute Gasteiger partial charge is 0.349 e. The zero-order valence-corrected chi connectivity index (χ0v) is 18.7. The molecular weight excluding hydrogens is 480 g/mol. The highest BCUT2D eigenvalue weighted by Gasteiger charge is 2.25. The van der Waals surface area contributed by atoms with Gasteiger partial charge in [-0.15, -0.1) is 21.5 Å². The van der Waals surface area contributed by atoms with Crippen LogP contribution in [0.4, 0.5) is 5.82 Å². The van der Waals surface area contributed by atoms with Crippen molar-refractivity contribution < 1.29 is 9.21 Å². The molecule has 1 fully saturated rings. The fraction of sp³-hybridized carbons (Fsp3) is 0.182. The molecule has 31 heavy (non-hydrogen) atoms. The lowest BCUT2D eigenvalue weighted by molar-refractivity contribution is 0.0742. The van der Waals surface area contributed by atoms with E-state index in [-0.39, 0.29) is 11.5 Å². The summed E-state index contributed by atoms with van der Waals surface area (Å²) in [5, 5.41) is 11.4. The zero-order valence-electron chi connectivity index (χ0n) is 16.3. The normalized spacial score (nSPS) is 14.2. The van der Waals surface area contributed by atoms with Gasteiger partial charge in [-0.3, -0.25) is 4.79 Å². The van der Waals surface area contributed by atoms with Crippen LogP contribution in [0.3, 0.4) is 0 Å². The number of halogens is 1. The van der Waals surface area contributed by atoms with Crippen molar-refractivity contribution in [2.24, 2.45) is 0 Å². The van der Waals surface area contributed by atoms with Crippen molar-refractivity contribution in [1.82, 2.24) is 15.1 Å². The van der Waals surface area contributed by atoms with Gasteiger partial charge >= 0.3 is 5.63 Å². The van der Waals surface area contributed by atoms with Crippen LogP contribution in [0, 0.1) is 0 Å². The molecule has 1 amide bonds. The largest absolute Gasteiger partial charge is 0.422 e. The van der Waals surface area contributed by atoms with Gasteiger partial charge in [-0.2, -0.15) is 0 Å². The van der Waals surface area contributed by atoms with Crippen molar-refractivity contribution >= 4 is 50.0 Å². The molecule has 0 aliphatic carbocycles. The predicted octanol–water partition coefficient (Wildman–Crippen LogP) is 4.04. The molecule has 1 aromatic carbocycles. The maximum atomic E-state index is 13.0. The van der Waals surface area contributed by atoms with Gasteiger partial charge in [0.2, 0.25) is 0 Å². The number of thiophene rings is 1. The third-order valence-corrected chi connectivity index (χ3v) is 6.63. The summed E-state index contributed by atoms with van der Waals surface area (Å²) in [6, 6.07) is 14.8. The number of piperazine rings is 1. The molecule has 9 heteroatoms. The molecule has 4 heterocycles. The molecule has 0 atom stereocenters. The number of rotatable bonds is 3. The Labute approximate surface area is 190 Å². The van der Waals surface area contributed by atoms with Crippen LogP contribution in [0.5, 0.6) is 0 Å². The molecule has 0 N–H and O–H groups in total. The van der Waals surface area contributed by atoms with E-state index in [0.29, 0.717) is 37.1 Å². The van der Waals surface area contributed by atoms with Crippen LogP contribution in [-0.4, -0.2) is 47.2 Å². The number of carbonyl (C=O) groups excluding carboxylic acids is 1. The first-order chi connectivity index (χ1) is 15.1. The second kappa shape index (κ2) is 8.24. The standard InChI is InChI=1S/C22H17BrN4O3S/c23-15-3-5-18-14(12-15)13-16(22(29)30-18)21(28)27-9-7-26(8-10-27)20-6-4-17(24-25-20)19-2-1-11-31-19/h1-6,11-13H,7-10H2. The van der Waals surface area contributed by atoms with Crippen molar-refractivity contribution in [3.05, 3.63) is 74.4 Å². The number of carbonyl (C=O) groups is 1. The number of hydrogen-bond acceptors (Lipinski definition) is 7. The second-order valence-electron chi connectivity index (χ2n) is 7.16. The molecule has 7 nitrogen and oxygen atoms in total. The Morgan fingerprint density at radius 1 is 1.03 bits per heavy atom. The second-order valence-corrected chi connectivity index (χ2v) is 9.03. The molecule has 0 unspecified atom stereocenters. The average molecular weight is 497 g/mol. The predicted molar refractivity (Wildman–Crippen MR) is 124 cm³/mol. The molecule has 4 aromatic rings. The van der Waals surface area contributed by atoms with Crippen LogP contribution < -0.4 is 10.5 Å². The molecule has 5 rings (SSSR count). The molecule has 0 radical (unpaired) electrons. The topological polar surface area (TPSA) is 79.5 Å². The number of fused-ring (bicyclic) bond motifs is 1. The van der Waals surface area contributed by atoms with E-state index in [0.717, 1.165) is 20.9 Å². The van der Waals surface area contributed by atoms with E-state index in [1.807, 2.05) is 35.7 Å². The number of anilines is 1. The Bertz CT molecular complexity index is 1300. The van der Waals surface area contributed by atoms with E-state index in [1.165, 1.54) is 0 Å². The van der Waals surface area contributed by atoms with Gasteiger partial charge in [0.05, 0.1) is 4.88 Å². The molecular formula is C22H17BrN4O3S. The van der Waals surface area contributed by atoms with Gasteiger partial charge in [-0.05, 0) is 47.8 Å². The van der Waals surface area contributed by atoms with Gasteiger partial charge in [0.1, 0.15) is 16.8 Å². The first kappa shape index (κ1) is 19.9. The highest BCUT2D eigenvalue weighted by atomic mass is 79.9. The summed E-state index contributed by atoms with van der Waals surface area (Å²) < 4.78 is 6.19. The summed E-state index contributed by atoms with van der Waals surface area (Å²) in [4.78, 5) is 30.2. The SMILES string of the molecule is O=C(c1cc2cc(Br)ccc2oc1=O)N1CCN(c2ccc(-c3cccs3)nn2)CC1. The van der Waals surface area contributed by atoms with Crippen molar-refractivity contribution in [3.63, 3.8) is 0 Å². The first-order valence-electron chi connectivity index (χ1n) is 9.74. The minimum atomic E-state index is -0.614. The van der Waals surface area contributed by atoms with E-state index >= 15 is 0 Å². The minimum absolute atomic E-state index is 0.0548. The van der Waals surface area contributed by atoms with E-state index in [9.17, 15) is 9.59 Å². The third-order valence-electron chi connectivity index (χ3n) is 5.24. The Hall–Kier alpha value is -3.04. The van der Waals surface area contributed by atoms with E-state index in [1.54, 1.807) is 34.4 Å². The summed E-state index contributed by atoms with van der Waals surface area (Å²) >= 11 is 5.03. The van der Waals surface area contributed by atoms with Crippen molar-refractivity contribution in [2.45, 2.75) is 0 Å². The van der Waals surface area contributed by atoms with Crippen LogP contribution >= 0.6 is 27.3 Å². The lowest BCUT2D eigenvalue weighted by atomic mass is 10.1. The molecule has 0 bridgehead atoms. The Balaban J connectivity index is 1.29. The third kappa shape index (κ3) is 3.98. The lowest BCUT2D eigenvalue weighted by Gasteiger charge is -2.35. The van der Waals surface area contributed by atoms with Crippen LogP contribution in [-0.2, 0) is 0 Å². The van der Waals surface area contributed by atoms with Gasteiger partial charge in [-0.25, -0.2) is 4.79 Å². The maximum Gasteiger partial charge on any atom is 0.349 e. The summed E-state index contributed by atoms with van der Waals surface area (Å²) in [5.41, 5.74) is 0.748. The number of benzene rings is 1. The first-order valence-corrected chi connectivity index (χ1v) is 11.4. The van der Waals surface area contributed by atoms with Crippen molar-refractivity contribution in [2.75, 3.05) is 31.1 Å². The number of aromatic nitrogens is 2. The summed E-state index contributed by atoms with van der Waals surface area (Å²) in [6.45, 7) is 2.21. The van der Waals surface area contributed by atoms with Crippen molar-refractivity contribution in [1.29, 1.82) is 0 Å². The maximum absolute atomic E-state index is 13.0. The highest BCUT2D eigenvalue weighted by molar-refractivity contribution is 9.10. The van der Waals surface area contributed by atoms with Gasteiger partial charge in [0.15, 0.2) is 5.82 Å². The van der Waals surface area contributed by atoms with E-state index < -0.39 is 5.63 Å². The Morgan fingerprint density at radius 3 is 2.58 bits per heavy atom. The van der Waals surface area contributed by atoms with Gasteiger partial charge in [0.25, 0.3) is 5.91 Å². The number of hydrogen-bond donors (Lipinski definition) is 0. The molecule has 1 saturated heterocycles. The summed E-state index contributed by atoms with van der Waals surface area (Å²) in [6.07, 6.45) is 0. The van der Waals surface area contributed by atoms with E-state index in [2.05, 4.69) is 31.0 Å². The fourth-order valence-electron chi connectivity index (χ4n) is 3.60. The lowest BCUT2D eigenvalue weighted by Crippen LogP contribution is -2.49. The van der Waals surface area contributed by atoms with E-state index in [4.69, 9.17) is 4.42 Å². The van der Waals surface area contributed by atoms with Gasteiger partial charge in [0, 0.05) is 36.0 Å². The van der Waals surface area contributed by atoms with Crippen LogP contribution in [0.15, 0.2) is 67.6 Å².